The van der Waals surface area contributed by atoms with Crippen molar-refractivity contribution >= 4 is 11.4 Å². The highest BCUT2D eigenvalue weighted by Crippen LogP contribution is 2.33. The second-order valence-corrected chi connectivity index (χ2v) is 4.75. The zero-order valence-corrected chi connectivity index (χ0v) is 11.5. The molecular weight excluding hydrogens is 260 g/mol. The summed E-state index contributed by atoms with van der Waals surface area (Å²) in [6, 6.07) is 23.0. The topological polar surface area (TPSA) is 61.3 Å². The number of benzene rings is 3. The van der Waals surface area contributed by atoms with Gasteiger partial charge in [0.15, 0.2) is 0 Å². The van der Waals surface area contributed by atoms with Crippen LogP contribution in [0.1, 0.15) is 0 Å². The number of para-hydroxylation sites is 2. The molecule has 0 saturated heterocycles. The third-order valence-electron chi connectivity index (χ3n) is 3.26. The van der Waals surface area contributed by atoms with Crippen molar-refractivity contribution in [2.24, 2.45) is 0 Å². The van der Waals surface area contributed by atoms with Gasteiger partial charge in [-0.15, -0.1) is 0 Å². The van der Waals surface area contributed by atoms with Gasteiger partial charge in [-0.2, -0.15) is 0 Å². The average Bonchev–Trinajstić information content (AvgIpc) is 2.52. The summed E-state index contributed by atoms with van der Waals surface area (Å²) >= 11 is 0. The van der Waals surface area contributed by atoms with Gasteiger partial charge in [-0.05, 0) is 35.9 Å². The van der Waals surface area contributed by atoms with Crippen LogP contribution in [0.25, 0.3) is 11.1 Å². The van der Waals surface area contributed by atoms with Crippen LogP contribution in [0.15, 0.2) is 72.8 Å². The van der Waals surface area contributed by atoms with Gasteiger partial charge >= 0.3 is 0 Å². The maximum absolute atomic E-state index is 6.06. The van der Waals surface area contributed by atoms with Crippen LogP contribution in [0.4, 0.5) is 11.4 Å². The van der Waals surface area contributed by atoms with Gasteiger partial charge in [-0.3, -0.25) is 0 Å². The summed E-state index contributed by atoms with van der Waals surface area (Å²) in [5, 5.41) is 0. The lowest BCUT2D eigenvalue weighted by molar-refractivity contribution is 0.485. The fourth-order valence-corrected chi connectivity index (χ4v) is 2.17. The minimum Gasteiger partial charge on any atom is -0.455 e. The Morgan fingerprint density at radius 3 is 2.14 bits per heavy atom. The number of hydrogen-bond acceptors (Lipinski definition) is 3. The van der Waals surface area contributed by atoms with Gasteiger partial charge in [0.05, 0.1) is 5.69 Å². The lowest BCUT2D eigenvalue weighted by Gasteiger charge is -2.11. The molecule has 0 heterocycles. The molecule has 0 radical (unpaired) electrons. The van der Waals surface area contributed by atoms with Crippen LogP contribution in [0, 0.1) is 0 Å². The Hall–Kier alpha value is -2.94. The van der Waals surface area contributed by atoms with Crippen molar-refractivity contribution in [3.05, 3.63) is 72.8 Å². The first-order chi connectivity index (χ1) is 10.2. The van der Waals surface area contributed by atoms with Gasteiger partial charge in [0.2, 0.25) is 0 Å². The zero-order valence-electron chi connectivity index (χ0n) is 11.5. The summed E-state index contributed by atoms with van der Waals surface area (Å²) in [5.41, 5.74) is 15.3. The minimum absolute atomic E-state index is 0.607. The van der Waals surface area contributed by atoms with E-state index >= 15 is 0 Å². The van der Waals surface area contributed by atoms with Gasteiger partial charge in [-0.25, -0.2) is 0 Å². The number of nitrogen functional groups attached to an aromatic ring is 2. The molecule has 0 unspecified atom stereocenters. The number of nitrogens with two attached hydrogens (primary N) is 2. The summed E-state index contributed by atoms with van der Waals surface area (Å²) in [7, 11) is 0. The lowest BCUT2D eigenvalue weighted by Crippen LogP contribution is -1.94. The van der Waals surface area contributed by atoms with Crippen LogP contribution in [-0.2, 0) is 0 Å². The number of anilines is 2. The van der Waals surface area contributed by atoms with Crippen LogP contribution in [0.3, 0.4) is 0 Å². The molecule has 3 nitrogen and oxygen atoms in total. The maximum atomic E-state index is 6.06. The van der Waals surface area contributed by atoms with Crippen LogP contribution < -0.4 is 16.2 Å². The van der Waals surface area contributed by atoms with Gasteiger partial charge in [-0.1, -0.05) is 42.5 Å². The maximum Gasteiger partial charge on any atom is 0.150 e. The van der Waals surface area contributed by atoms with E-state index in [1.807, 2.05) is 72.8 Å². The van der Waals surface area contributed by atoms with E-state index in [0.717, 1.165) is 16.8 Å². The number of rotatable bonds is 3. The quantitative estimate of drug-likeness (QED) is 0.701. The summed E-state index contributed by atoms with van der Waals surface area (Å²) < 4.78 is 5.85. The van der Waals surface area contributed by atoms with Crippen LogP contribution >= 0.6 is 0 Å². The van der Waals surface area contributed by atoms with E-state index in [1.54, 1.807) is 0 Å². The molecule has 0 aromatic heterocycles. The first-order valence-corrected chi connectivity index (χ1v) is 6.71. The predicted molar refractivity (Wildman–Crippen MR) is 87.2 cm³/mol. The van der Waals surface area contributed by atoms with Crippen LogP contribution in [0.2, 0.25) is 0 Å². The number of hydrogen-bond donors (Lipinski definition) is 2. The van der Waals surface area contributed by atoms with Crippen molar-refractivity contribution in [1.29, 1.82) is 0 Å². The fraction of sp³-hybridized carbons (Fsp3) is 0. The molecule has 0 fully saturated rings. The van der Waals surface area contributed by atoms with Gasteiger partial charge < -0.3 is 16.2 Å². The first-order valence-electron chi connectivity index (χ1n) is 6.71. The second-order valence-electron chi connectivity index (χ2n) is 4.75. The zero-order chi connectivity index (χ0) is 14.7. The van der Waals surface area contributed by atoms with Crippen molar-refractivity contribution in [2.45, 2.75) is 0 Å². The molecule has 21 heavy (non-hydrogen) atoms. The molecule has 4 N–H and O–H groups in total. The van der Waals surface area contributed by atoms with E-state index in [-0.39, 0.29) is 0 Å². The van der Waals surface area contributed by atoms with E-state index in [1.165, 1.54) is 0 Å². The normalized spacial score (nSPS) is 10.3. The Balaban J connectivity index is 1.97. The Labute approximate surface area is 123 Å². The molecule has 0 amide bonds. The average molecular weight is 276 g/mol. The summed E-state index contributed by atoms with van der Waals surface area (Å²) in [4.78, 5) is 0. The smallest absolute Gasteiger partial charge is 0.150 e. The van der Waals surface area contributed by atoms with Crippen LogP contribution in [0.5, 0.6) is 11.5 Å². The largest absolute Gasteiger partial charge is 0.455 e. The highest BCUT2D eigenvalue weighted by atomic mass is 16.5. The molecule has 3 aromatic carbocycles. The van der Waals surface area contributed by atoms with Gasteiger partial charge in [0.25, 0.3) is 0 Å². The monoisotopic (exact) mass is 276 g/mol. The first kappa shape index (κ1) is 13.1. The molecule has 3 rings (SSSR count). The lowest BCUT2D eigenvalue weighted by atomic mass is 10.0. The van der Waals surface area contributed by atoms with E-state index < -0.39 is 0 Å². The molecular formula is C18H16N2O. The molecule has 3 heteroatoms. The Bertz CT molecular complexity index is 754. The molecule has 0 aliphatic carbocycles. The molecule has 104 valence electrons. The molecule has 0 spiro atoms. The van der Waals surface area contributed by atoms with Crippen molar-refractivity contribution in [3.8, 4) is 22.6 Å². The van der Waals surface area contributed by atoms with E-state index in [9.17, 15) is 0 Å². The second kappa shape index (κ2) is 5.59. The molecule has 0 atom stereocenters. The predicted octanol–water partition coefficient (Wildman–Crippen LogP) is 4.31. The molecule has 0 saturated carbocycles. The number of ether oxygens (including phenoxy) is 1. The molecule has 3 aromatic rings. The SMILES string of the molecule is Nc1ccccc1Oc1ccc(N)c(-c2ccccc2)c1. The standard InChI is InChI=1S/C18H16N2O/c19-16-11-10-14(21-18-9-5-4-8-17(18)20)12-15(16)13-6-2-1-3-7-13/h1-12H,19-20H2. The van der Waals surface area contributed by atoms with Crippen LogP contribution in [-0.4, -0.2) is 0 Å². The van der Waals surface area contributed by atoms with Crippen molar-refractivity contribution in [1.82, 2.24) is 0 Å². The summed E-state index contributed by atoms with van der Waals surface area (Å²) in [6.45, 7) is 0. The van der Waals surface area contributed by atoms with Gasteiger partial charge in [0, 0.05) is 11.3 Å². The highest BCUT2D eigenvalue weighted by Gasteiger charge is 2.06. The summed E-state index contributed by atoms with van der Waals surface area (Å²) in [6.07, 6.45) is 0. The molecule has 0 aliphatic rings. The summed E-state index contributed by atoms with van der Waals surface area (Å²) in [5.74, 6) is 1.35. The Morgan fingerprint density at radius 1 is 0.667 bits per heavy atom. The Morgan fingerprint density at radius 2 is 1.38 bits per heavy atom. The van der Waals surface area contributed by atoms with Crippen molar-refractivity contribution in [2.75, 3.05) is 11.5 Å². The van der Waals surface area contributed by atoms with Gasteiger partial charge in [0.1, 0.15) is 11.5 Å². The third kappa shape index (κ3) is 2.82. The molecule has 0 aliphatic heterocycles. The van der Waals surface area contributed by atoms with E-state index in [4.69, 9.17) is 16.2 Å². The van der Waals surface area contributed by atoms with Crippen molar-refractivity contribution in [3.63, 3.8) is 0 Å². The Kier molecular flexibility index (Phi) is 3.48. The highest BCUT2D eigenvalue weighted by molar-refractivity contribution is 5.77. The third-order valence-corrected chi connectivity index (χ3v) is 3.26. The van der Waals surface area contributed by atoms with Crippen molar-refractivity contribution < 1.29 is 4.74 Å². The minimum atomic E-state index is 0.607. The fourth-order valence-electron chi connectivity index (χ4n) is 2.17. The molecule has 0 bridgehead atoms. The van der Waals surface area contributed by atoms with E-state index in [2.05, 4.69) is 0 Å². The van der Waals surface area contributed by atoms with E-state index in [0.29, 0.717) is 17.2 Å².